The molecule has 1 unspecified atom stereocenters. The van der Waals surface area contributed by atoms with Crippen molar-refractivity contribution in [3.63, 3.8) is 0 Å². The number of amides is 1. The minimum atomic E-state index is -4.64. The van der Waals surface area contributed by atoms with E-state index in [9.17, 15) is 28.1 Å². The van der Waals surface area contributed by atoms with E-state index in [2.05, 4.69) is 6.58 Å². The molecule has 2 aromatic rings. The molecule has 1 amide bonds. The fraction of sp³-hybridized carbons (Fsp3) is 0.429. The van der Waals surface area contributed by atoms with E-state index in [1.165, 1.54) is 34.7 Å². The Hall–Kier alpha value is -3.07. The van der Waals surface area contributed by atoms with Crippen LogP contribution in [-0.2, 0) is 33.2 Å². The molecule has 14 heteroatoms. The number of nitrogens with zero attached hydrogens (tertiary/aromatic N) is 4. The van der Waals surface area contributed by atoms with Gasteiger partial charge in [-0.3, -0.25) is 19.7 Å². The van der Waals surface area contributed by atoms with E-state index in [0.29, 0.717) is 15.0 Å². The van der Waals surface area contributed by atoms with Crippen LogP contribution in [0.5, 0.6) is 0 Å². The minimum absolute atomic E-state index is 0.0107. The van der Waals surface area contributed by atoms with Gasteiger partial charge in [0.25, 0.3) is 15.7 Å². The van der Waals surface area contributed by atoms with Crippen molar-refractivity contribution in [3.05, 3.63) is 67.3 Å². The van der Waals surface area contributed by atoms with Gasteiger partial charge >= 0.3 is 11.0 Å². The van der Waals surface area contributed by atoms with Gasteiger partial charge in [0.15, 0.2) is 4.90 Å². The van der Waals surface area contributed by atoms with Gasteiger partial charge in [0.05, 0.1) is 28.6 Å². The lowest BCUT2D eigenvalue weighted by atomic mass is 10.1. The van der Waals surface area contributed by atoms with Gasteiger partial charge in [-0.05, 0) is 26.8 Å². The number of hydrogen-bond donors (Lipinski definition) is 0. The summed E-state index contributed by atoms with van der Waals surface area (Å²) >= 11 is 0.818. The van der Waals surface area contributed by atoms with E-state index in [-0.39, 0.29) is 24.6 Å². The van der Waals surface area contributed by atoms with Gasteiger partial charge in [0.2, 0.25) is 0 Å². The summed E-state index contributed by atoms with van der Waals surface area (Å²) in [5, 5.41) is 11.6. The zero-order valence-electron chi connectivity index (χ0n) is 19.7. The zero-order chi connectivity index (χ0) is 26.1. The fourth-order valence-corrected chi connectivity index (χ4v) is 6.17. The molecule has 0 aliphatic carbocycles. The number of nitro groups is 1. The summed E-state index contributed by atoms with van der Waals surface area (Å²) in [4.78, 5) is 42.4. The molecule has 0 bridgehead atoms. The number of benzene rings is 1. The van der Waals surface area contributed by atoms with Crippen LogP contribution in [0.2, 0.25) is 0 Å². The number of sulfonamides is 1. The molecule has 0 saturated heterocycles. The number of fused-ring (bicyclic) bond motifs is 1. The maximum Gasteiger partial charge on any atom is 0.410 e. The summed E-state index contributed by atoms with van der Waals surface area (Å²) in [6.07, 6.45) is 0.601. The van der Waals surface area contributed by atoms with Crippen LogP contribution < -0.4 is 4.87 Å². The predicted molar refractivity (Wildman–Crippen MR) is 127 cm³/mol. The van der Waals surface area contributed by atoms with Crippen LogP contribution in [0.15, 0.2) is 46.6 Å². The second-order valence-corrected chi connectivity index (χ2v) is 11.4. The van der Waals surface area contributed by atoms with Crippen molar-refractivity contribution in [2.24, 2.45) is 7.05 Å². The lowest BCUT2D eigenvalue weighted by Crippen LogP contribution is -2.47. The van der Waals surface area contributed by atoms with Crippen LogP contribution in [-0.4, -0.2) is 52.1 Å². The van der Waals surface area contributed by atoms with Gasteiger partial charge in [-0.1, -0.05) is 34.0 Å². The molecule has 1 aromatic heterocycles. The van der Waals surface area contributed by atoms with Crippen molar-refractivity contribution in [2.75, 3.05) is 13.2 Å². The van der Waals surface area contributed by atoms with E-state index in [0.717, 1.165) is 23.5 Å². The second-order valence-electron chi connectivity index (χ2n) is 8.68. The molecule has 1 atom stereocenters. The smallest absolute Gasteiger partial charge is 0.410 e. The van der Waals surface area contributed by atoms with Gasteiger partial charge in [-0.15, -0.1) is 6.58 Å². The summed E-state index contributed by atoms with van der Waals surface area (Å²) in [7, 11) is -3.13. The van der Waals surface area contributed by atoms with Crippen LogP contribution in [0, 0.1) is 10.1 Å². The Labute approximate surface area is 206 Å². The summed E-state index contributed by atoms with van der Waals surface area (Å²) in [6.45, 7) is 8.16. The number of hydroxylamine groups is 1. The van der Waals surface area contributed by atoms with Crippen molar-refractivity contribution in [1.29, 1.82) is 0 Å². The lowest BCUT2D eigenvalue weighted by Gasteiger charge is -2.37. The molecule has 2 heterocycles. The van der Waals surface area contributed by atoms with Crippen molar-refractivity contribution in [2.45, 2.75) is 43.9 Å². The summed E-state index contributed by atoms with van der Waals surface area (Å²) < 4.78 is 34.8. The van der Waals surface area contributed by atoms with Crippen molar-refractivity contribution >= 4 is 33.1 Å². The SMILES string of the molecule is C=CCON(C1CN(C(=O)OC(C)(C)C)Cc2c1sc(=O)n2C)S(=O)(=O)c1ccccc1[N+](=O)[O-]. The average molecular weight is 527 g/mol. The van der Waals surface area contributed by atoms with Crippen LogP contribution in [0.4, 0.5) is 10.5 Å². The third kappa shape index (κ3) is 5.45. The number of rotatable bonds is 7. The molecule has 1 aromatic carbocycles. The molecule has 35 heavy (non-hydrogen) atoms. The fourth-order valence-electron chi connectivity index (χ4n) is 3.48. The van der Waals surface area contributed by atoms with Gasteiger partial charge < -0.3 is 14.2 Å². The number of ether oxygens (including phenoxy) is 1. The Morgan fingerprint density at radius 1 is 1.37 bits per heavy atom. The molecule has 0 fully saturated rings. The number of carbonyl (C=O) groups is 1. The maximum atomic E-state index is 13.7. The number of thiazole rings is 1. The van der Waals surface area contributed by atoms with E-state index in [1.807, 2.05) is 0 Å². The number of para-hydroxylation sites is 1. The summed E-state index contributed by atoms with van der Waals surface area (Å²) in [5.41, 5.74) is -1.04. The predicted octanol–water partition coefficient (Wildman–Crippen LogP) is 2.96. The van der Waals surface area contributed by atoms with Gasteiger partial charge in [0, 0.05) is 19.7 Å². The summed E-state index contributed by atoms with van der Waals surface area (Å²) in [5.74, 6) is 0. The topological polar surface area (TPSA) is 141 Å². The van der Waals surface area contributed by atoms with Crippen LogP contribution in [0.3, 0.4) is 0 Å². The quantitative estimate of drug-likeness (QED) is 0.305. The molecule has 0 spiro atoms. The van der Waals surface area contributed by atoms with Gasteiger partial charge in [0.1, 0.15) is 11.6 Å². The molecular weight excluding hydrogens is 500 g/mol. The highest BCUT2D eigenvalue weighted by molar-refractivity contribution is 7.89. The molecule has 0 saturated carbocycles. The van der Waals surface area contributed by atoms with Gasteiger partial charge in [-0.25, -0.2) is 13.2 Å². The molecule has 0 N–H and O–H groups in total. The highest BCUT2D eigenvalue weighted by atomic mass is 32.2. The first-order valence-corrected chi connectivity index (χ1v) is 12.7. The first kappa shape index (κ1) is 26.5. The van der Waals surface area contributed by atoms with E-state index in [1.54, 1.807) is 20.8 Å². The standard InChI is InChI=1S/C21H26N4O8S2/c1-6-11-32-25(35(30,31)17-10-8-7-9-14(17)24(28)29)16-13-23(19(26)33-21(2,3)4)12-15-18(16)34-20(27)22(15)5/h6-10,16H,1,11-13H2,2-5H3. The largest absolute Gasteiger partial charge is 0.444 e. The average Bonchev–Trinajstić information content (AvgIpc) is 3.06. The highest BCUT2D eigenvalue weighted by Gasteiger charge is 2.44. The Kier molecular flexibility index (Phi) is 7.50. The number of hydrogen-bond acceptors (Lipinski definition) is 9. The lowest BCUT2D eigenvalue weighted by molar-refractivity contribution is -0.388. The van der Waals surface area contributed by atoms with Crippen molar-refractivity contribution in [1.82, 2.24) is 13.9 Å². The molecule has 12 nitrogen and oxygen atoms in total. The number of nitro benzene ring substituents is 1. The number of aromatic nitrogens is 1. The molecule has 1 aliphatic rings. The Bertz CT molecular complexity index is 1310. The summed E-state index contributed by atoms with van der Waals surface area (Å²) in [6, 6.07) is 3.69. The van der Waals surface area contributed by atoms with Crippen LogP contribution in [0.1, 0.15) is 37.4 Å². The van der Waals surface area contributed by atoms with Crippen molar-refractivity contribution in [3.8, 4) is 0 Å². The Morgan fingerprint density at radius 3 is 2.63 bits per heavy atom. The first-order chi connectivity index (χ1) is 16.3. The Balaban J connectivity index is 2.17. The van der Waals surface area contributed by atoms with E-state index < -0.39 is 43.3 Å². The Morgan fingerprint density at radius 2 is 2.03 bits per heavy atom. The number of carbonyl (C=O) groups excluding carboxylic acids is 1. The van der Waals surface area contributed by atoms with E-state index in [4.69, 9.17) is 9.57 Å². The third-order valence-corrected chi connectivity index (χ3v) is 7.91. The molecule has 190 valence electrons. The third-order valence-electron chi connectivity index (χ3n) is 5.00. The van der Waals surface area contributed by atoms with E-state index >= 15 is 0 Å². The maximum absolute atomic E-state index is 13.7. The normalized spacial score (nSPS) is 16.1. The second kappa shape index (κ2) is 9.89. The van der Waals surface area contributed by atoms with Crippen molar-refractivity contribution < 1.29 is 27.7 Å². The van der Waals surface area contributed by atoms with Crippen LogP contribution >= 0.6 is 11.3 Å². The first-order valence-electron chi connectivity index (χ1n) is 10.5. The van der Waals surface area contributed by atoms with Gasteiger partial charge in [-0.2, -0.15) is 0 Å². The van der Waals surface area contributed by atoms with Crippen LogP contribution in [0.25, 0.3) is 0 Å². The molecule has 3 rings (SSSR count). The minimum Gasteiger partial charge on any atom is -0.444 e. The zero-order valence-corrected chi connectivity index (χ0v) is 21.3. The monoisotopic (exact) mass is 526 g/mol. The highest BCUT2D eigenvalue weighted by Crippen LogP contribution is 2.38. The molecular formula is C21H26N4O8S2. The molecule has 1 aliphatic heterocycles. The molecule has 0 radical (unpaired) electrons.